The fraction of sp³-hybridized carbons (Fsp3) is 0.286. The van der Waals surface area contributed by atoms with Crippen LogP contribution in [0, 0.1) is 5.82 Å². The van der Waals surface area contributed by atoms with Crippen LogP contribution in [0.3, 0.4) is 0 Å². The third-order valence-corrected chi connectivity index (χ3v) is 2.62. The Morgan fingerprint density at radius 2 is 1.70 bits per heavy atom. The molecule has 0 aromatic heterocycles. The van der Waals surface area contributed by atoms with Gasteiger partial charge in [0.1, 0.15) is 17.1 Å². The second kappa shape index (κ2) is 5.56. The Balaban J connectivity index is 2.29. The van der Waals surface area contributed by atoms with Gasteiger partial charge in [-0.1, -0.05) is 0 Å². The Hall–Kier alpha value is -2.58. The molecule has 1 aromatic rings. The molecule has 1 aliphatic rings. The molecule has 1 fully saturated rings. The number of ether oxygens (including phenoxy) is 3. The summed E-state index contributed by atoms with van der Waals surface area (Å²) in [5, 5.41) is 0. The number of alkyl halides is 3. The minimum atomic E-state index is -4.96. The summed E-state index contributed by atoms with van der Waals surface area (Å²) in [6.45, 7) is 2.67. The zero-order chi connectivity index (χ0) is 17.4. The van der Waals surface area contributed by atoms with E-state index in [0.29, 0.717) is 6.07 Å². The maximum absolute atomic E-state index is 13.8. The van der Waals surface area contributed by atoms with E-state index in [1.54, 1.807) is 0 Å². The van der Waals surface area contributed by atoms with Gasteiger partial charge in [0.25, 0.3) is 5.79 Å². The van der Waals surface area contributed by atoms with Crippen LogP contribution in [-0.2, 0) is 19.1 Å². The van der Waals surface area contributed by atoms with E-state index in [0.717, 1.165) is 18.2 Å². The van der Waals surface area contributed by atoms with Crippen LogP contribution in [0.2, 0.25) is 0 Å². The summed E-state index contributed by atoms with van der Waals surface area (Å²) in [5.41, 5.74) is -0.879. The van der Waals surface area contributed by atoms with Crippen molar-refractivity contribution in [2.24, 2.45) is 0 Å². The summed E-state index contributed by atoms with van der Waals surface area (Å²) in [5.74, 6) is -5.40. The zero-order valence-electron chi connectivity index (χ0n) is 11.9. The highest BCUT2D eigenvalue weighted by Gasteiger charge is 2.39. The molecular formula is C14H10F4O5. The highest BCUT2D eigenvalue weighted by atomic mass is 19.4. The summed E-state index contributed by atoms with van der Waals surface area (Å²) in [4.78, 5) is 23.4. The monoisotopic (exact) mass is 334 g/mol. The lowest BCUT2D eigenvalue weighted by molar-refractivity contribution is -0.274. The van der Waals surface area contributed by atoms with Crippen LogP contribution in [0.5, 0.6) is 5.75 Å². The number of cyclic esters (lactones) is 2. The molecule has 1 aromatic carbocycles. The van der Waals surface area contributed by atoms with Crippen molar-refractivity contribution in [3.05, 3.63) is 35.2 Å². The molecule has 23 heavy (non-hydrogen) atoms. The van der Waals surface area contributed by atoms with Gasteiger partial charge in [-0.15, -0.1) is 13.2 Å². The van der Waals surface area contributed by atoms with Crippen molar-refractivity contribution in [2.45, 2.75) is 26.0 Å². The van der Waals surface area contributed by atoms with Crippen LogP contribution in [0.25, 0.3) is 6.08 Å². The molecule has 0 N–H and O–H groups in total. The highest BCUT2D eigenvalue weighted by Crippen LogP contribution is 2.27. The Kier molecular flexibility index (Phi) is 4.06. The number of rotatable bonds is 2. The first-order valence-corrected chi connectivity index (χ1v) is 6.20. The topological polar surface area (TPSA) is 61.8 Å². The average Bonchev–Trinajstić information content (AvgIpc) is 2.32. The van der Waals surface area contributed by atoms with E-state index >= 15 is 0 Å². The molecule has 0 bridgehead atoms. The number of hydrogen-bond acceptors (Lipinski definition) is 5. The van der Waals surface area contributed by atoms with Crippen LogP contribution in [-0.4, -0.2) is 24.1 Å². The summed E-state index contributed by atoms with van der Waals surface area (Å²) in [6, 6.07) is 2.24. The molecule has 0 radical (unpaired) electrons. The first-order chi connectivity index (χ1) is 10.5. The first-order valence-electron chi connectivity index (χ1n) is 6.20. The SMILES string of the molecule is CC1(C)OC(=O)C(=Cc2ccc(OC(F)(F)F)cc2F)C(=O)O1. The molecular weight excluding hydrogens is 324 g/mol. The van der Waals surface area contributed by atoms with E-state index < -0.39 is 41.2 Å². The Labute approximate surface area is 127 Å². The van der Waals surface area contributed by atoms with Gasteiger partial charge >= 0.3 is 18.3 Å². The molecule has 0 atom stereocenters. The van der Waals surface area contributed by atoms with E-state index in [-0.39, 0.29) is 5.56 Å². The third kappa shape index (κ3) is 4.21. The molecule has 1 heterocycles. The van der Waals surface area contributed by atoms with Crippen LogP contribution in [0.1, 0.15) is 19.4 Å². The number of carbonyl (C=O) groups is 2. The summed E-state index contributed by atoms with van der Waals surface area (Å²) in [6.07, 6.45) is -4.14. The number of benzene rings is 1. The normalized spacial score (nSPS) is 17.4. The van der Waals surface area contributed by atoms with E-state index in [1.807, 2.05) is 0 Å². The molecule has 1 saturated heterocycles. The molecule has 0 spiro atoms. The fourth-order valence-corrected chi connectivity index (χ4v) is 1.76. The van der Waals surface area contributed by atoms with Crippen molar-refractivity contribution in [2.75, 3.05) is 0 Å². The van der Waals surface area contributed by atoms with Crippen molar-refractivity contribution in [1.29, 1.82) is 0 Å². The molecule has 5 nitrogen and oxygen atoms in total. The lowest BCUT2D eigenvalue weighted by atomic mass is 10.1. The van der Waals surface area contributed by atoms with Gasteiger partial charge in [-0.2, -0.15) is 0 Å². The maximum Gasteiger partial charge on any atom is 0.573 e. The molecule has 1 aliphatic heterocycles. The lowest BCUT2D eigenvalue weighted by Crippen LogP contribution is -2.41. The third-order valence-electron chi connectivity index (χ3n) is 2.62. The molecule has 124 valence electrons. The predicted molar refractivity (Wildman–Crippen MR) is 67.3 cm³/mol. The smallest absolute Gasteiger partial charge is 0.419 e. The average molecular weight is 334 g/mol. The number of carbonyl (C=O) groups excluding carboxylic acids is 2. The summed E-state index contributed by atoms with van der Waals surface area (Å²) >= 11 is 0. The Bertz CT molecular complexity index is 669. The molecule has 2 rings (SSSR count). The second-order valence-electron chi connectivity index (χ2n) is 4.97. The zero-order valence-corrected chi connectivity index (χ0v) is 11.9. The van der Waals surface area contributed by atoms with Crippen molar-refractivity contribution >= 4 is 18.0 Å². The van der Waals surface area contributed by atoms with E-state index in [9.17, 15) is 27.2 Å². The van der Waals surface area contributed by atoms with Crippen molar-refractivity contribution in [3.63, 3.8) is 0 Å². The number of esters is 2. The standard InChI is InChI=1S/C14H10F4O5/c1-13(2)22-11(19)9(12(20)23-13)5-7-3-4-8(6-10(7)15)21-14(16,17)18/h3-6H,1-2H3. The fourth-order valence-electron chi connectivity index (χ4n) is 1.76. The molecule has 0 aliphatic carbocycles. The Morgan fingerprint density at radius 3 is 2.17 bits per heavy atom. The summed E-state index contributed by atoms with van der Waals surface area (Å²) < 4.78 is 63.1. The Morgan fingerprint density at radius 1 is 1.13 bits per heavy atom. The van der Waals surface area contributed by atoms with Crippen molar-refractivity contribution in [3.8, 4) is 5.75 Å². The molecule has 9 heteroatoms. The van der Waals surface area contributed by atoms with Gasteiger partial charge in [0.2, 0.25) is 0 Å². The van der Waals surface area contributed by atoms with E-state index in [4.69, 9.17) is 9.47 Å². The quantitative estimate of drug-likeness (QED) is 0.360. The minimum absolute atomic E-state index is 0.303. The van der Waals surface area contributed by atoms with Gasteiger partial charge in [0, 0.05) is 25.5 Å². The number of halogens is 4. The lowest BCUT2D eigenvalue weighted by Gasteiger charge is -2.29. The first kappa shape index (κ1) is 16.8. The summed E-state index contributed by atoms with van der Waals surface area (Å²) in [7, 11) is 0. The number of hydrogen-bond donors (Lipinski definition) is 0. The molecule has 0 saturated carbocycles. The molecule has 0 amide bonds. The maximum atomic E-state index is 13.8. The molecule has 0 unspecified atom stereocenters. The highest BCUT2D eigenvalue weighted by molar-refractivity contribution is 6.18. The van der Waals surface area contributed by atoms with Gasteiger partial charge in [0.15, 0.2) is 0 Å². The predicted octanol–water partition coefficient (Wildman–Crippen LogP) is 2.94. The van der Waals surface area contributed by atoms with Gasteiger partial charge < -0.3 is 14.2 Å². The van der Waals surface area contributed by atoms with Gasteiger partial charge in [-0.3, -0.25) is 0 Å². The van der Waals surface area contributed by atoms with Crippen molar-refractivity contribution < 1.29 is 41.4 Å². The van der Waals surface area contributed by atoms with Gasteiger partial charge in [0.05, 0.1) is 0 Å². The van der Waals surface area contributed by atoms with Gasteiger partial charge in [-0.05, 0) is 18.2 Å². The minimum Gasteiger partial charge on any atom is -0.419 e. The van der Waals surface area contributed by atoms with Crippen LogP contribution in [0.4, 0.5) is 17.6 Å². The van der Waals surface area contributed by atoms with E-state index in [1.165, 1.54) is 13.8 Å². The largest absolute Gasteiger partial charge is 0.573 e. The van der Waals surface area contributed by atoms with Gasteiger partial charge in [-0.25, -0.2) is 14.0 Å². The van der Waals surface area contributed by atoms with Crippen LogP contribution in [0.15, 0.2) is 23.8 Å². The van der Waals surface area contributed by atoms with E-state index in [2.05, 4.69) is 4.74 Å². The van der Waals surface area contributed by atoms with Crippen molar-refractivity contribution in [1.82, 2.24) is 0 Å². The second-order valence-corrected chi connectivity index (χ2v) is 4.97. The van der Waals surface area contributed by atoms with Crippen LogP contribution < -0.4 is 4.74 Å². The van der Waals surface area contributed by atoms with Crippen LogP contribution >= 0.6 is 0 Å².